The van der Waals surface area contributed by atoms with Gasteiger partial charge in [0.05, 0.1) is 0 Å². The van der Waals surface area contributed by atoms with E-state index in [4.69, 9.17) is 5.11 Å². The lowest BCUT2D eigenvalue weighted by Gasteiger charge is -2.05. The molecule has 0 bridgehead atoms. The zero-order valence-electron chi connectivity index (χ0n) is 12.3. The predicted octanol–water partition coefficient (Wildman–Crippen LogP) is 5.06. The third-order valence-corrected chi connectivity index (χ3v) is 3.29. The van der Waals surface area contributed by atoms with Gasteiger partial charge in [0, 0.05) is 0 Å². The Kier molecular flexibility index (Phi) is 4.83. The molecule has 21 heavy (non-hydrogen) atoms. The van der Waals surface area contributed by atoms with E-state index in [0.717, 1.165) is 16.3 Å². The maximum absolute atomic E-state index is 9.28. The first-order valence-electron chi connectivity index (χ1n) is 7.03. The Balaban J connectivity index is 0.000000155. The molecular weight excluding hydrogens is 260 g/mol. The molecular formula is C19H20O2. The number of hydrogen-bond donors (Lipinski definition) is 2. The Bertz CT molecular complexity index is 717. The van der Waals surface area contributed by atoms with Crippen molar-refractivity contribution in [2.75, 3.05) is 0 Å². The molecule has 3 aromatic carbocycles. The second-order valence-electron chi connectivity index (χ2n) is 5.24. The van der Waals surface area contributed by atoms with Crippen LogP contribution in [-0.2, 0) is 0 Å². The highest BCUT2D eigenvalue weighted by molar-refractivity contribution is 5.83. The summed E-state index contributed by atoms with van der Waals surface area (Å²) in [6, 6.07) is 20.7. The third-order valence-electron chi connectivity index (χ3n) is 3.29. The molecule has 0 amide bonds. The number of rotatable bonds is 1. The maximum Gasteiger partial charge on any atom is 0.119 e. The van der Waals surface area contributed by atoms with Crippen molar-refractivity contribution in [2.24, 2.45) is 0 Å². The summed E-state index contributed by atoms with van der Waals surface area (Å²) < 4.78 is 0. The summed E-state index contributed by atoms with van der Waals surface area (Å²) in [5.41, 5.74) is 1.02. The summed E-state index contributed by atoms with van der Waals surface area (Å²) in [6.45, 7) is 4.13. The normalized spacial score (nSPS) is 10.2. The van der Waals surface area contributed by atoms with E-state index in [0.29, 0.717) is 17.4 Å². The lowest BCUT2D eigenvalue weighted by atomic mass is 10.0. The molecule has 2 nitrogen and oxygen atoms in total. The van der Waals surface area contributed by atoms with Crippen molar-refractivity contribution in [1.29, 1.82) is 0 Å². The molecule has 2 N–H and O–H groups in total. The minimum atomic E-state index is 0.323. The second-order valence-corrected chi connectivity index (χ2v) is 5.24. The Morgan fingerprint density at radius 1 is 0.714 bits per heavy atom. The minimum absolute atomic E-state index is 0.323. The highest BCUT2D eigenvalue weighted by Crippen LogP contribution is 2.23. The van der Waals surface area contributed by atoms with Crippen LogP contribution in [0.25, 0.3) is 10.8 Å². The summed E-state index contributed by atoms with van der Waals surface area (Å²) in [7, 11) is 0. The molecule has 0 fully saturated rings. The fraction of sp³-hybridized carbons (Fsp3) is 0.158. The molecule has 0 saturated carbocycles. The van der Waals surface area contributed by atoms with Crippen molar-refractivity contribution in [1.82, 2.24) is 0 Å². The van der Waals surface area contributed by atoms with E-state index in [-0.39, 0.29) is 0 Å². The molecule has 0 aliphatic rings. The van der Waals surface area contributed by atoms with E-state index in [1.807, 2.05) is 48.5 Å². The van der Waals surface area contributed by atoms with Crippen molar-refractivity contribution < 1.29 is 10.2 Å². The SMILES string of the molecule is CC(C)c1ccccc1O.Oc1ccc2ccccc2c1. The largest absolute Gasteiger partial charge is 0.508 e. The van der Waals surface area contributed by atoms with Crippen LogP contribution in [0.15, 0.2) is 66.7 Å². The van der Waals surface area contributed by atoms with Gasteiger partial charge < -0.3 is 10.2 Å². The van der Waals surface area contributed by atoms with Gasteiger partial charge in [-0.3, -0.25) is 0 Å². The van der Waals surface area contributed by atoms with Gasteiger partial charge in [0.25, 0.3) is 0 Å². The first-order valence-corrected chi connectivity index (χ1v) is 7.03. The molecule has 2 heteroatoms. The van der Waals surface area contributed by atoms with Crippen LogP contribution in [0.5, 0.6) is 11.5 Å². The van der Waals surface area contributed by atoms with Crippen molar-refractivity contribution in [3.8, 4) is 11.5 Å². The van der Waals surface area contributed by atoms with Crippen LogP contribution in [0, 0.1) is 0 Å². The molecule has 0 spiro atoms. The van der Waals surface area contributed by atoms with E-state index in [1.165, 1.54) is 0 Å². The lowest BCUT2D eigenvalue weighted by Crippen LogP contribution is -1.85. The van der Waals surface area contributed by atoms with Crippen molar-refractivity contribution in [3.63, 3.8) is 0 Å². The molecule has 3 aromatic rings. The van der Waals surface area contributed by atoms with Crippen molar-refractivity contribution in [2.45, 2.75) is 19.8 Å². The summed E-state index contributed by atoms with van der Waals surface area (Å²) in [6.07, 6.45) is 0. The van der Waals surface area contributed by atoms with Gasteiger partial charge in [0.2, 0.25) is 0 Å². The molecule has 0 aromatic heterocycles. The van der Waals surface area contributed by atoms with Crippen molar-refractivity contribution >= 4 is 10.8 Å². The van der Waals surface area contributed by atoms with Gasteiger partial charge in [-0.2, -0.15) is 0 Å². The number of para-hydroxylation sites is 1. The van der Waals surface area contributed by atoms with Crippen LogP contribution >= 0.6 is 0 Å². The monoisotopic (exact) mass is 280 g/mol. The Labute approximate surface area is 125 Å². The Morgan fingerprint density at radius 2 is 1.33 bits per heavy atom. The van der Waals surface area contributed by atoms with Gasteiger partial charge in [-0.15, -0.1) is 0 Å². The van der Waals surface area contributed by atoms with Gasteiger partial charge in [-0.1, -0.05) is 62.4 Å². The Hall–Kier alpha value is -2.48. The number of fused-ring (bicyclic) bond motifs is 1. The van der Waals surface area contributed by atoms with E-state index in [2.05, 4.69) is 13.8 Å². The van der Waals surface area contributed by atoms with E-state index < -0.39 is 0 Å². The van der Waals surface area contributed by atoms with Crippen molar-refractivity contribution in [3.05, 3.63) is 72.3 Å². The number of aromatic hydroxyl groups is 2. The van der Waals surface area contributed by atoms with E-state index >= 15 is 0 Å². The average molecular weight is 280 g/mol. The Morgan fingerprint density at radius 3 is 1.95 bits per heavy atom. The zero-order valence-corrected chi connectivity index (χ0v) is 12.3. The maximum atomic E-state index is 9.28. The van der Waals surface area contributed by atoms with Gasteiger partial charge >= 0.3 is 0 Å². The summed E-state index contributed by atoms with van der Waals surface area (Å²) >= 11 is 0. The minimum Gasteiger partial charge on any atom is -0.508 e. The molecule has 0 radical (unpaired) electrons. The van der Waals surface area contributed by atoms with Gasteiger partial charge in [0.15, 0.2) is 0 Å². The molecule has 0 heterocycles. The standard InChI is InChI=1S/C10H8O.C9H12O/c11-10-6-5-8-3-1-2-4-9(8)7-10;1-7(2)8-5-3-4-6-9(8)10/h1-7,11H;3-7,10H,1-2H3. The number of phenolic OH excluding ortho intramolecular Hbond substituents is 2. The number of phenols is 2. The van der Waals surface area contributed by atoms with Gasteiger partial charge in [0.1, 0.15) is 11.5 Å². The van der Waals surface area contributed by atoms with Gasteiger partial charge in [-0.05, 0) is 40.5 Å². The zero-order chi connectivity index (χ0) is 15.2. The van der Waals surface area contributed by atoms with Crippen LogP contribution < -0.4 is 0 Å². The quantitative estimate of drug-likeness (QED) is 0.654. The highest BCUT2D eigenvalue weighted by Gasteiger charge is 2.02. The predicted molar refractivity (Wildman–Crippen MR) is 87.8 cm³/mol. The van der Waals surface area contributed by atoms with Crippen LogP contribution in [0.1, 0.15) is 25.3 Å². The smallest absolute Gasteiger partial charge is 0.119 e. The first kappa shape index (κ1) is 14.9. The van der Waals surface area contributed by atoms with E-state index in [1.54, 1.807) is 18.2 Å². The highest BCUT2D eigenvalue weighted by atomic mass is 16.3. The lowest BCUT2D eigenvalue weighted by molar-refractivity contribution is 0.465. The fourth-order valence-electron chi connectivity index (χ4n) is 2.15. The number of benzene rings is 3. The first-order chi connectivity index (χ1) is 10.1. The summed E-state index contributed by atoms with van der Waals surface area (Å²) in [5, 5.41) is 20.6. The number of hydrogen-bond acceptors (Lipinski definition) is 2. The molecule has 0 atom stereocenters. The second kappa shape index (κ2) is 6.80. The van der Waals surface area contributed by atoms with Crippen LogP contribution in [0.4, 0.5) is 0 Å². The van der Waals surface area contributed by atoms with Crippen LogP contribution in [0.3, 0.4) is 0 Å². The van der Waals surface area contributed by atoms with Crippen LogP contribution in [0.2, 0.25) is 0 Å². The molecule has 0 saturated heterocycles. The summed E-state index contributed by atoms with van der Waals surface area (Å²) in [4.78, 5) is 0. The topological polar surface area (TPSA) is 40.5 Å². The van der Waals surface area contributed by atoms with Crippen LogP contribution in [-0.4, -0.2) is 10.2 Å². The molecule has 0 unspecified atom stereocenters. The summed E-state index contributed by atoms with van der Waals surface area (Å²) in [5.74, 6) is 1.13. The van der Waals surface area contributed by atoms with E-state index in [9.17, 15) is 5.11 Å². The molecule has 0 aliphatic heterocycles. The molecule has 108 valence electrons. The fourth-order valence-corrected chi connectivity index (χ4v) is 2.15. The average Bonchev–Trinajstić information content (AvgIpc) is 2.48. The molecule has 3 rings (SSSR count). The third kappa shape index (κ3) is 3.99. The van der Waals surface area contributed by atoms with Gasteiger partial charge in [-0.25, -0.2) is 0 Å². The molecule has 0 aliphatic carbocycles.